The average molecular weight is 282 g/mol. The molecule has 1 aliphatic heterocycles. The fourth-order valence-electron chi connectivity index (χ4n) is 2.00. The van der Waals surface area contributed by atoms with Crippen LogP contribution in [0.4, 0.5) is 0 Å². The fourth-order valence-corrected chi connectivity index (χ4v) is 2.00. The Balaban J connectivity index is 1.45. The zero-order chi connectivity index (χ0) is 14.0. The fraction of sp³-hybridized carbons (Fsp3) is 0.643. The number of furan rings is 1. The van der Waals surface area contributed by atoms with Crippen molar-refractivity contribution < 1.29 is 18.7 Å². The van der Waals surface area contributed by atoms with Crippen LogP contribution in [0.15, 0.2) is 22.8 Å². The number of rotatable bonds is 8. The van der Waals surface area contributed by atoms with Gasteiger partial charge < -0.3 is 24.5 Å². The molecule has 1 aromatic rings. The molecule has 0 radical (unpaired) electrons. The molecule has 0 aromatic carbocycles. The van der Waals surface area contributed by atoms with Gasteiger partial charge in [0.2, 0.25) is 5.91 Å². The second kappa shape index (κ2) is 8.73. The number of carbonyl (C=O) groups excluding carboxylic acids is 1. The third kappa shape index (κ3) is 5.73. The summed E-state index contributed by atoms with van der Waals surface area (Å²) in [6.45, 7) is 3.99. The van der Waals surface area contributed by atoms with Crippen molar-refractivity contribution in [2.45, 2.75) is 25.6 Å². The Labute approximate surface area is 118 Å². The largest absolute Gasteiger partial charge is 0.467 e. The summed E-state index contributed by atoms with van der Waals surface area (Å²) in [4.78, 5) is 11.7. The predicted octanol–water partition coefficient (Wildman–Crippen LogP) is 0.681. The highest BCUT2D eigenvalue weighted by atomic mass is 16.5. The Morgan fingerprint density at radius 3 is 3.25 bits per heavy atom. The van der Waals surface area contributed by atoms with E-state index in [9.17, 15) is 4.79 Å². The molecule has 2 rings (SSSR count). The number of amides is 1. The van der Waals surface area contributed by atoms with E-state index in [1.807, 2.05) is 12.1 Å². The van der Waals surface area contributed by atoms with Gasteiger partial charge in [0, 0.05) is 26.2 Å². The van der Waals surface area contributed by atoms with Crippen LogP contribution >= 0.6 is 0 Å². The normalized spacial score (nSPS) is 18.9. The first-order valence-corrected chi connectivity index (χ1v) is 7.04. The van der Waals surface area contributed by atoms with Gasteiger partial charge >= 0.3 is 0 Å². The van der Waals surface area contributed by atoms with Gasteiger partial charge in [-0.25, -0.2) is 0 Å². The Hall–Kier alpha value is -1.37. The van der Waals surface area contributed by atoms with Crippen molar-refractivity contribution in [3.05, 3.63) is 24.2 Å². The van der Waals surface area contributed by atoms with Crippen LogP contribution in [0.3, 0.4) is 0 Å². The maximum absolute atomic E-state index is 11.7. The molecule has 1 saturated heterocycles. The number of nitrogens with one attached hydrogen (secondary N) is 2. The van der Waals surface area contributed by atoms with E-state index in [4.69, 9.17) is 13.9 Å². The lowest BCUT2D eigenvalue weighted by atomic mass is 10.2. The van der Waals surface area contributed by atoms with E-state index in [2.05, 4.69) is 10.6 Å². The van der Waals surface area contributed by atoms with Crippen molar-refractivity contribution in [2.75, 3.05) is 32.8 Å². The molecule has 1 aliphatic rings. The van der Waals surface area contributed by atoms with E-state index in [1.165, 1.54) is 0 Å². The van der Waals surface area contributed by atoms with E-state index in [0.29, 0.717) is 32.8 Å². The Bertz CT molecular complexity index is 375. The van der Waals surface area contributed by atoms with E-state index in [0.717, 1.165) is 25.3 Å². The standard InChI is InChI=1S/C14H22N2O4/c17-14(9-13-10-15-5-8-20-13)16-4-2-6-18-11-12-3-1-7-19-12/h1,3,7,13,15H,2,4-6,8-11H2,(H,16,17). The van der Waals surface area contributed by atoms with E-state index in [-0.39, 0.29) is 12.0 Å². The summed E-state index contributed by atoms with van der Waals surface area (Å²) in [5.74, 6) is 0.848. The minimum absolute atomic E-state index is 0.000970. The third-order valence-electron chi connectivity index (χ3n) is 3.03. The molecule has 112 valence electrons. The molecule has 1 atom stereocenters. The van der Waals surface area contributed by atoms with Crippen molar-refractivity contribution in [3.63, 3.8) is 0 Å². The molecule has 1 amide bonds. The van der Waals surface area contributed by atoms with Crippen LogP contribution in [0.25, 0.3) is 0 Å². The van der Waals surface area contributed by atoms with Gasteiger partial charge in [-0.05, 0) is 18.6 Å². The molecule has 0 saturated carbocycles. The molecule has 1 unspecified atom stereocenters. The minimum atomic E-state index is -0.000970. The van der Waals surface area contributed by atoms with Crippen LogP contribution in [0.1, 0.15) is 18.6 Å². The van der Waals surface area contributed by atoms with Gasteiger partial charge in [-0.3, -0.25) is 4.79 Å². The molecular weight excluding hydrogens is 260 g/mol. The molecule has 6 nitrogen and oxygen atoms in total. The summed E-state index contributed by atoms with van der Waals surface area (Å²) in [6.07, 6.45) is 2.83. The number of morpholine rings is 1. The molecule has 2 heterocycles. The molecule has 20 heavy (non-hydrogen) atoms. The lowest BCUT2D eigenvalue weighted by molar-refractivity contribution is -0.124. The van der Waals surface area contributed by atoms with Crippen molar-refractivity contribution in [2.24, 2.45) is 0 Å². The summed E-state index contributed by atoms with van der Waals surface area (Å²) in [7, 11) is 0. The van der Waals surface area contributed by atoms with E-state index in [1.54, 1.807) is 6.26 Å². The highest BCUT2D eigenvalue weighted by Crippen LogP contribution is 2.02. The molecular formula is C14H22N2O4. The smallest absolute Gasteiger partial charge is 0.222 e. The molecule has 1 aromatic heterocycles. The van der Waals surface area contributed by atoms with Crippen LogP contribution in [0.5, 0.6) is 0 Å². The van der Waals surface area contributed by atoms with E-state index < -0.39 is 0 Å². The summed E-state index contributed by atoms with van der Waals surface area (Å²) in [5, 5.41) is 6.08. The van der Waals surface area contributed by atoms with Gasteiger partial charge in [-0.15, -0.1) is 0 Å². The monoisotopic (exact) mass is 282 g/mol. The number of hydrogen-bond donors (Lipinski definition) is 2. The number of hydrogen-bond acceptors (Lipinski definition) is 5. The van der Waals surface area contributed by atoms with Crippen LogP contribution in [-0.4, -0.2) is 44.9 Å². The number of carbonyl (C=O) groups is 1. The Morgan fingerprint density at radius 2 is 2.50 bits per heavy atom. The summed E-state index contributed by atoms with van der Waals surface area (Å²) >= 11 is 0. The van der Waals surface area contributed by atoms with Gasteiger partial charge in [0.15, 0.2) is 0 Å². The molecule has 2 N–H and O–H groups in total. The lowest BCUT2D eigenvalue weighted by Gasteiger charge is -2.23. The van der Waals surface area contributed by atoms with Crippen LogP contribution in [0, 0.1) is 0 Å². The average Bonchev–Trinajstić information content (AvgIpc) is 2.97. The quantitative estimate of drug-likeness (QED) is 0.686. The molecule has 0 aliphatic carbocycles. The van der Waals surface area contributed by atoms with Crippen molar-refractivity contribution in [1.29, 1.82) is 0 Å². The Morgan fingerprint density at radius 1 is 1.55 bits per heavy atom. The van der Waals surface area contributed by atoms with Gasteiger partial charge in [0.05, 0.1) is 25.4 Å². The van der Waals surface area contributed by atoms with Gasteiger partial charge in [0.25, 0.3) is 0 Å². The van der Waals surface area contributed by atoms with Crippen molar-refractivity contribution in [3.8, 4) is 0 Å². The SMILES string of the molecule is O=C(CC1CNCCO1)NCCCOCc1ccco1. The molecule has 1 fully saturated rings. The predicted molar refractivity (Wildman–Crippen MR) is 73.2 cm³/mol. The number of ether oxygens (including phenoxy) is 2. The van der Waals surface area contributed by atoms with Gasteiger partial charge in [-0.1, -0.05) is 0 Å². The Kier molecular flexibility index (Phi) is 6.56. The first-order valence-electron chi connectivity index (χ1n) is 7.04. The first kappa shape index (κ1) is 15.0. The summed E-state index contributed by atoms with van der Waals surface area (Å²) in [5.41, 5.74) is 0. The van der Waals surface area contributed by atoms with Crippen molar-refractivity contribution >= 4 is 5.91 Å². The zero-order valence-corrected chi connectivity index (χ0v) is 11.6. The van der Waals surface area contributed by atoms with Crippen LogP contribution in [0.2, 0.25) is 0 Å². The minimum Gasteiger partial charge on any atom is -0.467 e. The van der Waals surface area contributed by atoms with Gasteiger partial charge in [-0.2, -0.15) is 0 Å². The maximum atomic E-state index is 11.7. The van der Waals surface area contributed by atoms with Crippen LogP contribution < -0.4 is 10.6 Å². The summed E-state index contributed by atoms with van der Waals surface area (Å²) < 4.78 is 16.1. The van der Waals surface area contributed by atoms with Crippen LogP contribution in [-0.2, 0) is 20.9 Å². The molecule has 0 bridgehead atoms. The zero-order valence-electron chi connectivity index (χ0n) is 11.6. The van der Waals surface area contributed by atoms with Crippen molar-refractivity contribution in [1.82, 2.24) is 10.6 Å². The third-order valence-corrected chi connectivity index (χ3v) is 3.03. The molecule has 0 spiro atoms. The summed E-state index contributed by atoms with van der Waals surface area (Å²) in [6, 6.07) is 3.71. The first-order chi connectivity index (χ1) is 9.84. The topological polar surface area (TPSA) is 72.7 Å². The van der Waals surface area contributed by atoms with Gasteiger partial charge in [0.1, 0.15) is 12.4 Å². The maximum Gasteiger partial charge on any atom is 0.222 e. The highest BCUT2D eigenvalue weighted by Gasteiger charge is 2.16. The second-order valence-corrected chi connectivity index (χ2v) is 4.74. The lowest BCUT2D eigenvalue weighted by Crippen LogP contribution is -2.41. The molecule has 6 heteroatoms. The van der Waals surface area contributed by atoms with E-state index >= 15 is 0 Å². The highest BCUT2D eigenvalue weighted by molar-refractivity contribution is 5.76. The second-order valence-electron chi connectivity index (χ2n) is 4.74.